The summed E-state index contributed by atoms with van der Waals surface area (Å²) in [6, 6.07) is 27.7. The zero-order chi connectivity index (χ0) is 23.9. The molecule has 0 heterocycles. The standard InChI is InChI=1S/C32H36P/c1-21-13-9-17-29(25(21)5)33(30-18-10-14-22(2)26(30)6,31-19-11-15-23(3)27(31)7)32-20-12-16-24(4)28(32)8/h9-20H,1-8H3/q+1. The summed E-state index contributed by atoms with van der Waals surface area (Å²) in [4.78, 5) is 0. The van der Waals surface area contributed by atoms with Crippen molar-refractivity contribution in [3.05, 3.63) is 117 Å². The average Bonchev–Trinajstić information content (AvgIpc) is 2.79. The van der Waals surface area contributed by atoms with E-state index in [1.807, 2.05) is 0 Å². The molecule has 0 N–H and O–H groups in total. The van der Waals surface area contributed by atoms with E-state index in [2.05, 4.69) is 128 Å². The number of benzene rings is 4. The maximum absolute atomic E-state index is 2.40. The monoisotopic (exact) mass is 451 g/mol. The van der Waals surface area contributed by atoms with Crippen LogP contribution < -0.4 is 21.2 Å². The number of rotatable bonds is 4. The molecule has 0 saturated carbocycles. The number of hydrogen-bond acceptors (Lipinski definition) is 0. The molecule has 0 aliphatic carbocycles. The van der Waals surface area contributed by atoms with E-state index >= 15 is 0 Å². The lowest BCUT2D eigenvalue weighted by molar-refractivity contribution is 1.34. The lowest BCUT2D eigenvalue weighted by atomic mass is 10.1. The average molecular weight is 452 g/mol. The van der Waals surface area contributed by atoms with Gasteiger partial charge in [-0.2, -0.15) is 0 Å². The van der Waals surface area contributed by atoms with Crippen molar-refractivity contribution < 1.29 is 0 Å². The molecular weight excluding hydrogens is 415 g/mol. The van der Waals surface area contributed by atoms with E-state index in [4.69, 9.17) is 0 Å². The highest BCUT2D eigenvalue weighted by Gasteiger charge is 2.52. The Labute approximate surface area is 201 Å². The van der Waals surface area contributed by atoms with Gasteiger partial charge in [-0.1, -0.05) is 48.5 Å². The normalized spacial score (nSPS) is 11.6. The minimum atomic E-state index is -2.16. The van der Waals surface area contributed by atoms with Gasteiger partial charge in [0.25, 0.3) is 0 Å². The molecule has 4 aromatic carbocycles. The lowest BCUT2D eigenvalue weighted by Gasteiger charge is -2.33. The van der Waals surface area contributed by atoms with Crippen molar-refractivity contribution in [3.8, 4) is 0 Å². The molecule has 0 bridgehead atoms. The van der Waals surface area contributed by atoms with Crippen molar-refractivity contribution in [2.45, 2.75) is 55.4 Å². The van der Waals surface area contributed by atoms with Crippen molar-refractivity contribution in [2.75, 3.05) is 0 Å². The second kappa shape index (κ2) is 8.92. The van der Waals surface area contributed by atoms with Gasteiger partial charge in [0.15, 0.2) is 0 Å². The molecule has 1 heteroatoms. The van der Waals surface area contributed by atoms with E-state index in [0.717, 1.165) is 0 Å². The highest BCUT2D eigenvalue weighted by Crippen LogP contribution is 2.57. The van der Waals surface area contributed by atoms with E-state index in [-0.39, 0.29) is 0 Å². The number of aryl methyl sites for hydroxylation is 4. The van der Waals surface area contributed by atoms with Gasteiger partial charge < -0.3 is 0 Å². The molecule has 0 aliphatic rings. The second-order valence-electron chi connectivity index (χ2n) is 9.55. The molecule has 0 unspecified atom stereocenters. The highest BCUT2D eigenvalue weighted by molar-refractivity contribution is 8.01. The van der Waals surface area contributed by atoms with Gasteiger partial charge in [0, 0.05) is 0 Å². The summed E-state index contributed by atoms with van der Waals surface area (Å²) in [6.45, 7) is 18.3. The van der Waals surface area contributed by atoms with Crippen LogP contribution in [0.25, 0.3) is 0 Å². The molecule has 4 rings (SSSR count). The molecule has 168 valence electrons. The Kier molecular flexibility index (Phi) is 6.35. The van der Waals surface area contributed by atoms with Crippen molar-refractivity contribution in [3.63, 3.8) is 0 Å². The highest BCUT2D eigenvalue weighted by atomic mass is 31.2. The Bertz CT molecular complexity index is 1130. The van der Waals surface area contributed by atoms with Gasteiger partial charge in [0.1, 0.15) is 28.5 Å². The van der Waals surface area contributed by atoms with Crippen LogP contribution in [-0.2, 0) is 0 Å². The lowest BCUT2D eigenvalue weighted by Crippen LogP contribution is -2.43. The maximum atomic E-state index is 2.40. The summed E-state index contributed by atoms with van der Waals surface area (Å²) in [5.74, 6) is 0. The van der Waals surface area contributed by atoms with Gasteiger partial charge >= 0.3 is 0 Å². The van der Waals surface area contributed by atoms with Gasteiger partial charge in [-0.05, 0) is 124 Å². The van der Waals surface area contributed by atoms with Gasteiger partial charge in [0.05, 0.1) is 0 Å². The molecule has 0 fully saturated rings. The van der Waals surface area contributed by atoms with Crippen LogP contribution in [0.3, 0.4) is 0 Å². The Hall–Kier alpha value is -2.69. The Morgan fingerprint density at radius 1 is 0.333 bits per heavy atom. The van der Waals surface area contributed by atoms with Crippen LogP contribution in [0, 0.1) is 55.4 Å². The first-order valence-corrected chi connectivity index (χ1v) is 13.7. The Balaban J connectivity index is 2.36. The smallest absolute Gasteiger partial charge is 0.0588 e. The first-order valence-electron chi connectivity index (χ1n) is 11.9. The van der Waals surface area contributed by atoms with Crippen LogP contribution in [0.1, 0.15) is 44.5 Å². The predicted molar refractivity (Wildman–Crippen MR) is 149 cm³/mol. The molecule has 4 aromatic rings. The molecule has 0 atom stereocenters. The molecule has 0 aromatic heterocycles. The molecule has 0 nitrogen and oxygen atoms in total. The third-order valence-electron chi connectivity index (χ3n) is 7.75. The van der Waals surface area contributed by atoms with Gasteiger partial charge in [-0.25, -0.2) is 0 Å². The Morgan fingerprint density at radius 2 is 0.545 bits per heavy atom. The van der Waals surface area contributed by atoms with E-state index in [9.17, 15) is 0 Å². The Morgan fingerprint density at radius 3 is 0.758 bits per heavy atom. The summed E-state index contributed by atoms with van der Waals surface area (Å²) in [7, 11) is -2.16. The SMILES string of the molecule is Cc1cccc([P+](c2cccc(C)c2C)(c2cccc(C)c2C)c2cccc(C)c2C)c1C. The molecule has 0 radical (unpaired) electrons. The first-order chi connectivity index (χ1) is 15.7. The summed E-state index contributed by atoms with van der Waals surface area (Å²) in [5.41, 5.74) is 11.1. The first kappa shape index (κ1) is 23.5. The second-order valence-corrected chi connectivity index (χ2v) is 12.8. The molecular formula is C32H36P+. The summed E-state index contributed by atoms with van der Waals surface area (Å²) in [6.07, 6.45) is 0. The predicted octanol–water partition coefficient (Wildman–Crippen LogP) is 6.77. The molecule has 0 aliphatic heterocycles. The molecule has 0 amide bonds. The topological polar surface area (TPSA) is 0 Å². The van der Waals surface area contributed by atoms with E-state index in [1.54, 1.807) is 0 Å². The third kappa shape index (κ3) is 3.66. The zero-order valence-corrected chi connectivity index (χ0v) is 22.3. The maximum Gasteiger partial charge on any atom is 0.145 e. The molecule has 0 saturated heterocycles. The minimum Gasteiger partial charge on any atom is -0.0588 e. The number of hydrogen-bond donors (Lipinski definition) is 0. The summed E-state index contributed by atoms with van der Waals surface area (Å²) < 4.78 is 0. The molecule has 33 heavy (non-hydrogen) atoms. The fraction of sp³-hybridized carbons (Fsp3) is 0.250. The van der Waals surface area contributed by atoms with Crippen LogP contribution in [0.15, 0.2) is 72.8 Å². The van der Waals surface area contributed by atoms with Crippen molar-refractivity contribution >= 4 is 28.5 Å². The largest absolute Gasteiger partial charge is 0.145 e. The van der Waals surface area contributed by atoms with Crippen molar-refractivity contribution in [1.29, 1.82) is 0 Å². The van der Waals surface area contributed by atoms with Crippen LogP contribution in [-0.4, -0.2) is 0 Å². The zero-order valence-electron chi connectivity index (χ0n) is 21.4. The molecule has 0 spiro atoms. The minimum absolute atomic E-state index is 1.36. The fourth-order valence-electron chi connectivity index (χ4n) is 5.17. The summed E-state index contributed by atoms with van der Waals surface area (Å²) >= 11 is 0. The van der Waals surface area contributed by atoms with Gasteiger partial charge in [-0.3, -0.25) is 0 Å². The fourth-order valence-corrected chi connectivity index (χ4v) is 10.7. The quantitative estimate of drug-likeness (QED) is 0.300. The summed E-state index contributed by atoms with van der Waals surface area (Å²) in [5, 5.41) is 5.94. The van der Waals surface area contributed by atoms with E-state index in [0.29, 0.717) is 0 Å². The third-order valence-corrected chi connectivity index (χ3v) is 12.6. The van der Waals surface area contributed by atoms with Crippen LogP contribution in [0.2, 0.25) is 0 Å². The van der Waals surface area contributed by atoms with E-state index < -0.39 is 7.26 Å². The van der Waals surface area contributed by atoms with Gasteiger partial charge in [0.2, 0.25) is 0 Å². The van der Waals surface area contributed by atoms with Crippen LogP contribution in [0.4, 0.5) is 0 Å². The van der Waals surface area contributed by atoms with E-state index in [1.165, 1.54) is 65.7 Å². The van der Waals surface area contributed by atoms with Crippen LogP contribution in [0.5, 0.6) is 0 Å². The van der Waals surface area contributed by atoms with Crippen LogP contribution >= 0.6 is 7.26 Å². The van der Waals surface area contributed by atoms with Gasteiger partial charge in [-0.15, -0.1) is 0 Å². The van der Waals surface area contributed by atoms with Crippen molar-refractivity contribution in [1.82, 2.24) is 0 Å². The van der Waals surface area contributed by atoms with Crippen molar-refractivity contribution in [2.24, 2.45) is 0 Å².